The van der Waals surface area contributed by atoms with E-state index in [1.54, 1.807) is 0 Å². The van der Waals surface area contributed by atoms with Gasteiger partial charge in [0.25, 0.3) is 0 Å². The fraction of sp³-hybridized carbons (Fsp3) is 0.647. The molecule has 1 aromatic rings. The predicted octanol–water partition coefficient (Wildman–Crippen LogP) is 1.45. The number of aliphatic hydroxyl groups is 1. The summed E-state index contributed by atoms with van der Waals surface area (Å²) in [5, 5.41) is 13.5. The summed E-state index contributed by atoms with van der Waals surface area (Å²) in [6.45, 7) is 6.97. The van der Waals surface area contributed by atoms with Crippen molar-refractivity contribution < 1.29 is 22.3 Å². The highest BCUT2D eigenvalue weighted by atomic mass is 32.3. The van der Waals surface area contributed by atoms with Crippen molar-refractivity contribution >= 4 is 10.4 Å². The number of hydrogen-bond acceptors (Lipinski definition) is 6. The Morgan fingerprint density at radius 1 is 1.20 bits per heavy atom. The summed E-state index contributed by atoms with van der Waals surface area (Å²) in [6, 6.07) is 10.2. The van der Waals surface area contributed by atoms with Gasteiger partial charge in [-0.1, -0.05) is 44.2 Å². The lowest BCUT2D eigenvalue weighted by molar-refractivity contribution is -0.0219. The molecule has 7 nitrogen and oxygen atoms in total. The van der Waals surface area contributed by atoms with Gasteiger partial charge in [-0.25, -0.2) is 4.18 Å². The molecular weight excluding hydrogens is 344 g/mol. The van der Waals surface area contributed by atoms with E-state index in [0.717, 1.165) is 19.6 Å². The van der Waals surface area contributed by atoms with Gasteiger partial charge in [-0.15, -0.1) is 0 Å². The Labute approximate surface area is 151 Å². The molecule has 1 saturated heterocycles. The molecule has 1 aliphatic rings. The molecule has 8 heteroatoms. The lowest BCUT2D eigenvalue weighted by atomic mass is 9.91. The van der Waals surface area contributed by atoms with Crippen molar-refractivity contribution in [2.75, 3.05) is 32.8 Å². The van der Waals surface area contributed by atoms with Crippen molar-refractivity contribution in [1.29, 1.82) is 0 Å². The number of rotatable bonds is 8. The van der Waals surface area contributed by atoms with Crippen molar-refractivity contribution in [3.05, 3.63) is 35.9 Å². The van der Waals surface area contributed by atoms with E-state index in [0.29, 0.717) is 19.4 Å². The van der Waals surface area contributed by atoms with Crippen LogP contribution in [0.2, 0.25) is 0 Å². The molecule has 1 fully saturated rings. The minimum atomic E-state index is -4.39. The van der Waals surface area contributed by atoms with Gasteiger partial charge in [-0.3, -0.25) is 9.45 Å². The Morgan fingerprint density at radius 2 is 1.80 bits per heavy atom. The van der Waals surface area contributed by atoms with Gasteiger partial charge in [0.15, 0.2) is 0 Å². The van der Waals surface area contributed by atoms with Crippen LogP contribution in [0.25, 0.3) is 0 Å². The lowest BCUT2D eigenvalue weighted by Gasteiger charge is -2.38. The number of piperidine rings is 1. The van der Waals surface area contributed by atoms with Gasteiger partial charge in [0.05, 0.1) is 12.2 Å². The zero-order chi connectivity index (χ0) is 18.8. The van der Waals surface area contributed by atoms with Crippen molar-refractivity contribution in [3.63, 3.8) is 0 Å². The summed E-state index contributed by atoms with van der Waals surface area (Å²) in [6.07, 6.45) is 1.32. The molecule has 0 aromatic heterocycles. The molecule has 1 heterocycles. The lowest BCUT2D eigenvalue weighted by Crippen LogP contribution is -2.50. The van der Waals surface area contributed by atoms with Crippen molar-refractivity contribution in [3.8, 4) is 0 Å². The highest BCUT2D eigenvalue weighted by molar-refractivity contribution is 7.80. The van der Waals surface area contributed by atoms with E-state index < -0.39 is 16.0 Å². The summed E-state index contributed by atoms with van der Waals surface area (Å²) in [4.78, 5) is 2.31. The van der Waals surface area contributed by atoms with Crippen LogP contribution in [0.3, 0.4) is 0 Å². The summed E-state index contributed by atoms with van der Waals surface area (Å²) in [5.41, 5.74) is 0.476. The standard InChI is InChI=1S/C15H24N2O5S.C2H6/c18-15(13-16-8-11-22-23(19,20)21)6-9-17(10-7-15)12-14-4-2-1-3-5-14;1-2/h1-5,16,18H,6-13H2,(H,19,20,21);1-2H3. The highest BCUT2D eigenvalue weighted by Gasteiger charge is 2.31. The fourth-order valence-electron chi connectivity index (χ4n) is 2.69. The van der Waals surface area contributed by atoms with E-state index in [1.165, 1.54) is 5.56 Å². The van der Waals surface area contributed by atoms with Crippen LogP contribution in [0.15, 0.2) is 30.3 Å². The summed E-state index contributed by atoms with van der Waals surface area (Å²) in [5.74, 6) is 0. The molecule has 1 aliphatic heterocycles. The second-order valence-corrected chi connectivity index (χ2v) is 7.00. The molecule has 1 aromatic carbocycles. The Balaban J connectivity index is 0.00000151. The third-order valence-corrected chi connectivity index (χ3v) is 4.47. The molecule has 3 N–H and O–H groups in total. The molecule has 0 radical (unpaired) electrons. The molecule has 0 amide bonds. The van der Waals surface area contributed by atoms with Gasteiger partial charge in [0.1, 0.15) is 0 Å². The molecule has 0 bridgehead atoms. The largest absolute Gasteiger partial charge is 0.397 e. The van der Waals surface area contributed by atoms with E-state index in [1.807, 2.05) is 32.0 Å². The highest BCUT2D eigenvalue weighted by Crippen LogP contribution is 2.22. The van der Waals surface area contributed by atoms with Gasteiger partial charge >= 0.3 is 10.4 Å². The molecule has 0 unspecified atom stereocenters. The normalized spacial score (nSPS) is 17.6. The van der Waals surface area contributed by atoms with E-state index in [4.69, 9.17) is 4.55 Å². The number of likely N-dealkylation sites (tertiary alicyclic amines) is 1. The van der Waals surface area contributed by atoms with Gasteiger partial charge in [0, 0.05) is 32.7 Å². The Bertz CT molecular complexity index is 572. The average molecular weight is 375 g/mol. The maximum Gasteiger partial charge on any atom is 0.397 e. The van der Waals surface area contributed by atoms with Gasteiger partial charge in [0.2, 0.25) is 0 Å². The molecule has 0 aliphatic carbocycles. The van der Waals surface area contributed by atoms with Crippen molar-refractivity contribution in [1.82, 2.24) is 10.2 Å². The van der Waals surface area contributed by atoms with E-state index >= 15 is 0 Å². The molecule has 0 spiro atoms. The minimum absolute atomic E-state index is 0.158. The van der Waals surface area contributed by atoms with Crippen molar-refractivity contribution in [2.45, 2.75) is 38.8 Å². The zero-order valence-corrected chi connectivity index (χ0v) is 15.8. The van der Waals surface area contributed by atoms with Gasteiger partial charge in [-0.05, 0) is 18.4 Å². The molecule has 2 rings (SSSR count). The Morgan fingerprint density at radius 3 is 2.36 bits per heavy atom. The first-order valence-corrected chi connectivity index (χ1v) is 10.0. The fourth-order valence-corrected chi connectivity index (χ4v) is 2.98. The first-order chi connectivity index (χ1) is 11.9. The predicted molar refractivity (Wildman–Crippen MR) is 97.6 cm³/mol. The first-order valence-electron chi connectivity index (χ1n) is 8.68. The SMILES string of the molecule is CC.O=S(=O)(O)OCCNCC1(O)CCN(Cc2ccccc2)CC1. The Hall–Kier alpha value is -1.03. The summed E-state index contributed by atoms with van der Waals surface area (Å²) in [7, 11) is -4.39. The molecular formula is C17H30N2O5S. The average Bonchev–Trinajstić information content (AvgIpc) is 2.59. The summed E-state index contributed by atoms with van der Waals surface area (Å²) >= 11 is 0. The monoisotopic (exact) mass is 374 g/mol. The quantitative estimate of drug-likeness (QED) is 0.468. The summed E-state index contributed by atoms with van der Waals surface area (Å²) < 4.78 is 33.4. The van der Waals surface area contributed by atoms with Gasteiger partial charge in [-0.2, -0.15) is 8.42 Å². The number of nitrogens with zero attached hydrogens (tertiary/aromatic N) is 1. The third-order valence-electron chi connectivity index (χ3n) is 4.00. The maximum atomic E-state index is 10.5. The second-order valence-electron chi connectivity index (χ2n) is 5.91. The number of hydrogen-bond donors (Lipinski definition) is 3. The molecule has 25 heavy (non-hydrogen) atoms. The number of nitrogens with one attached hydrogen (secondary N) is 1. The van der Waals surface area contributed by atoms with Crippen LogP contribution in [0.5, 0.6) is 0 Å². The number of benzene rings is 1. The Kier molecular flexibility index (Phi) is 9.55. The molecule has 144 valence electrons. The van der Waals surface area contributed by atoms with Crippen LogP contribution in [0, 0.1) is 0 Å². The van der Waals surface area contributed by atoms with Crippen LogP contribution in [0.4, 0.5) is 0 Å². The zero-order valence-electron chi connectivity index (χ0n) is 15.0. The van der Waals surface area contributed by atoms with E-state index in [2.05, 4.69) is 26.5 Å². The van der Waals surface area contributed by atoms with E-state index in [9.17, 15) is 13.5 Å². The topological polar surface area (TPSA) is 99.1 Å². The smallest absolute Gasteiger partial charge is 0.388 e. The maximum absolute atomic E-state index is 10.5. The molecule has 0 atom stereocenters. The van der Waals surface area contributed by atoms with Crippen LogP contribution in [0.1, 0.15) is 32.3 Å². The van der Waals surface area contributed by atoms with Crippen molar-refractivity contribution in [2.24, 2.45) is 0 Å². The van der Waals surface area contributed by atoms with E-state index in [-0.39, 0.29) is 13.2 Å². The van der Waals surface area contributed by atoms with Crippen LogP contribution in [-0.2, 0) is 21.1 Å². The van der Waals surface area contributed by atoms with Crippen LogP contribution in [-0.4, -0.2) is 61.4 Å². The van der Waals surface area contributed by atoms with Gasteiger partial charge < -0.3 is 10.4 Å². The van der Waals surface area contributed by atoms with Crippen LogP contribution >= 0.6 is 0 Å². The molecule has 0 saturated carbocycles. The second kappa shape index (κ2) is 10.8. The minimum Gasteiger partial charge on any atom is -0.388 e. The first kappa shape index (κ1) is 22.0. The van der Waals surface area contributed by atoms with Crippen LogP contribution < -0.4 is 5.32 Å². The third kappa shape index (κ3) is 9.29.